The summed E-state index contributed by atoms with van der Waals surface area (Å²) in [6.45, 7) is -0.0705. The molecular weight excluding hydrogens is 298 g/mol. The van der Waals surface area contributed by atoms with E-state index in [1.54, 1.807) is 18.2 Å². The van der Waals surface area contributed by atoms with Gasteiger partial charge in [-0.2, -0.15) is 0 Å². The molecule has 7 heteroatoms. The number of pyridine rings is 1. The lowest BCUT2D eigenvalue weighted by Crippen LogP contribution is -2.42. The summed E-state index contributed by atoms with van der Waals surface area (Å²) in [7, 11) is 4.29. The van der Waals surface area contributed by atoms with E-state index in [1.807, 2.05) is 0 Å². The molecule has 1 N–H and O–H groups in total. The van der Waals surface area contributed by atoms with Gasteiger partial charge in [0.1, 0.15) is 5.75 Å². The molecular formula is C14H16ClNO5. The molecule has 21 heavy (non-hydrogen) atoms. The van der Waals surface area contributed by atoms with E-state index in [-0.39, 0.29) is 18.2 Å². The largest absolute Gasteiger partial charge is 0.507 e. The molecule has 114 valence electrons. The topological polar surface area (TPSA) is 70.0 Å². The number of ether oxygens (including phenoxy) is 4. The summed E-state index contributed by atoms with van der Waals surface area (Å²) in [5, 5.41) is 11.0. The van der Waals surface area contributed by atoms with Crippen molar-refractivity contribution in [2.75, 3.05) is 27.9 Å². The first-order valence-corrected chi connectivity index (χ1v) is 6.49. The number of benzene rings is 1. The number of halogens is 1. The molecule has 0 aliphatic heterocycles. The van der Waals surface area contributed by atoms with Crippen LogP contribution in [-0.2, 0) is 14.2 Å². The number of hydrogen-bond acceptors (Lipinski definition) is 6. The summed E-state index contributed by atoms with van der Waals surface area (Å²) < 4.78 is 20.8. The predicted molar refractivity (Wildman–Crippen MR) is 77.7 cm³/mol. The molecule has 0 unspecified atom stereocenters. The van der Waals surface area contributed by atoms with Crippen LogP contribution in [0, 0.1) is 0 Å². The Kier molecular flexibility index (Phi) is 4.84. The fraction of sp³-hybridized carbons (Fsp3) is 0.357. The van der Waals surface area contributed by atoms with Crippen LogP contribution in [-0.4, -0.2) is 44.0 Å². The molecule has 0 atom stereocenters. The zero-order valence-corrected chi connectivity index (χ0v) is 12.7. The van der Waals surface area contributed by atoms with Gasteiger partial charge >= 0.3 is 5.97 Å². The van der Waals surface area contributed by atoms with Crippen molar-refractivity contribution in [1.82, 2.24) is 4.98 Å². The van der Waals surface area contributed by atoms with Crippen molar-refractivity contribution in [2.45, 2.75) is 5.97 Å². The third-order valence-corrected chi connectivity index (χ3v) is 3.38. The minimum Gasteiger partial charge on any atom is -0.507 e. The summed E-state index contributed by atoms with van der Waals surface area (Å²) in [4.78, 5) is 4.26. The van der Waals surface area contributed by atoms with Gasteiger partial charge in [-0.05, 0) is 12.1 Å². The summed E-state index contributed by atoms with van der Waals surface area (Å²) in [5.74, 6) is -1.13. The smallest absolute Gasteiger partial charge is 0.318 e. The van der Waals surface area contributed by atoms with Crippen molar-refractivity contribution in [3.8, 4) is 11.6 Å². The minimum absolute atomic E-state index is 0.0235. The lowest BCUT2D eigenvalue weighted by Gasteiger charge is -2.28. The van der Waals surface area contributed by atoms with Crippen LogP contribution in [0.5, 0.6) is 11.6 Å². The lowest BCUT2D eigenvalue weighted by atomic mass is 10.2. The third kappa shape index (κ3) is 3.19. The molecule has 0 saturated heterocycles. The van der Waals surface area contributed by atoms with E-state index < -0.39 is 5.97 Å². The molecule has 1 aromatic heterocycles. The van der Waals surface area contributed by atoms with Gasteiger partial charge in [0.15, 0.2) is 6.61 Å². The molecule has 0 aliphatic carbocycles. The molecule has 2 aromatic rings. The fourth-order valence-electron chi connectivity index (χ4n) is 1.84. The maximum absolute atomic E-state index is 10.0. The number of rotatable bonds is 6. The van der Waals surface area contributed by atoms with Gasteiger partial charge in [-0.25, -0.2) is 4.98 Å². The molecule has 0 saturated carbocycles. The quantitative estimate of drug-likeness (QED) is 0.827. The summed E-state index contributed by atoms with van der Waals surface area (Å²) >= 11 is 6.07. The Balaban J connectivity index is 2.29. The van der Waals surface area contributed by atoms with Gasteiger partial charge in [-0.1, -0.05) is 17.7 Å². The third-order valence-electron chi connectivity index (χ3n) is 3.07. The van der Waals surface area contributed by atoms with Gasteiger partial charge in [0, 0.05) is 32.8 Å². The Labute approximate surface area is 127 Å². The van der Waals surface area contributed by atoms with Gasteiger partial charge in [-0.15, -0.1) is 0 Å². The van der Waals surface area contributed by atoms with Crippen molar-refractivity contribution >= 4 is 22.5 Å². The Bertz CT molecular complexity index is 622. The molecule has 0 spiro atoms. The van der Waals surface area contributed by atoms with Crippen molar-refractivity contribution in [1.29, 1.82) is 0 Å². The zero-order chi connectivity index (χ0) is 15.5. The van der Waals surface area contributed by atoms with E-state index >= 15 is 0 Å². The molecule has 0 amide bonds. The highest BCUT2D eigenvalue weighted by molar-refractivity contribution is 6.35. The number of para-hydroxylation sites is 1. The van der Waals surface area contributed by atoms with Crippen LogP contribution in [0.25, 0.3) is 10.9 Å². The van der Waals surface area contributed by atoms with E-state index in [9.17, 15) is 5.11 Å². The Morgan fingerprint density at radius 2 is 1.86 bits per heavy atom. The monoisotopic (exact) mass is 313 g/mol. The Morgan fingerprint density at radius 1 is 1.19 bits per heavy atom. The van der Waals surface area contributed by atoms with Crippen LogP contribution < -0.4 is 4.74 Å². The molecule has 2 rings (SSSR count). The predicted octanol–water partition coefficient (Wildman–Crippen LogP) is 2.57. The molecule has 6 nitrogen and oxygen atoms in total. The average Bonchev–Trinajstić information content (AvgIpc) is 2.50. The molecule has 0 bridgehead atoms. The van der Waals surface area contributed by atoms with Gasteiger partial charge in [0.25, 0.3) is 0 Å². The second kappa shape index (κ2) is 6.44. The highest BCUT2D eigenvalue weighted by atomic mass is 35.5. The lowest BCUT2D eigenvalue weighted by molar-refractivity contribution is -0.361. The number of nitrogens with zero attached hydrogens (tertiary/aromatic N) is 1. The van der Waals surface area contributed by atoms with Gasteiger partial charge in [0.05, 0.1) is 10.5 Å². The molecule has 1 heterocycles. The van der Waals surface area contributed by atoms with E-state index in [4.69, 9.17) is 30.5 Å². The number of aromatic hydroxyl groups is 1. The van der Waals surface area contributed by atoms with Crippen molar-refractivity contribution in [2.24, 2.45) is 0 Å². The van der Waals surface area contributed by atoms with Crippen LogP contribution >= 0.6 is 11.6 Å². The standard InChI is InChI=1S/C14H16ClNO5/c1-18-14(19-2,20-3)8-21-12-7-11(17)9-5-4-6-10(15)13(9)16-12/h4-7H,8H2,1-3H3,(H,16,17). The van der Waals surface area contributed by atoms with Crippen LogP contribution in [0.1, 0.15) is 0 Å². The highest BCUT2D eigenvalue weighted by Crippen LogP contribution is 2.31. The zero-order valence-electron chi connectivity index (χ0n) is 11.9. The minimum atomic E-state index is -1.34. The van der Waals surface area contributed by atoms with E-state index in [0.717, 1.165) is 0 Å². The number of hydrogen-bond donors (Lipinski definition) is 1. The number of methoxy groups -OCH3 is 3. The maximum Gasteiger partial charge on any atom is 0.318 e. The van der Waals surface area contributed by atoms with Crippen molar-refractivity contribution in [3.63, 3.8) is 0 Å². The summed E-state index contributed by atoms with van der Waals surface area (Å²) in [6, 6.07) is 6.53. The first-order valence-electron chi connectivity index (χ1n) is 6.11. The summed E-state index contributed by atoms with van der Waals surface area (Å²) in [5.41, 5.74) is 0.451. The highest BCUT2D eigenvalue weighted by Gasteiger charge is 2.31. The van der Waals surface area contributed by atoms with Gasteiger partial charge < -0.3 is 24.1 Å². The summed E-state index contributed by atoms with van der Waals surface area (Å²) in [6.07, 6.45) is 0. The van der Waals surface area contributed by atoms with E-state index in [0.29, 0.717) is 15.9 Å². The first kappa shape index (κ1) is 15.8. The van der Waals surface area contributed by atoms with E-state index in [1.165, 1.54) is 27.4 Å². The second-order valence-electron chi connectivity index (χ2n) is 4.20. The number of fused-ring (bicyclic) bond motifs is 1. The van der Waals surface area contributed by atoms with Crippen LogP contribution in [0.3, 0.4) is 0 Å². The Morgan fingerprint density at radius 3 is 2.48 bits per heavy atom. The molecule has 1 aromatic carbocycles. The van der Waals surface area contributed by atoms with Crippen LogP contribution in [0.15, 0.2) is 24.3 Å². The fourth-order valence-corrected chi connectivity index (χ4v) is 2.05. The average molecular weight is 314 g/mol. The van der Waals surface area contributed by atoms with Crippen molar-refractivity contribution in [3.05, 3.63) is 29.3 Å². The maximum atomic E-state index is 10.0. The SMILES string of the molecule is COC(COc1cc(O)c2cccc(Cl)c2n1)(OC)OC. The van der Waals surface area contributed by atoms with Crippen LogP contribution in [0.2, 0.25) is 5.02 Å². The molecule has 0 fully saturated rings. The van der Waals surface area contributed by atoms with E-state index in [2.05, 4.69) is 4.98 Å². The van der Waals surface area contributed by atoms with Crippen molar-refractivity contribution < 1.29 is 24.1 Å². The van der Waals surface area contributed by atoms with Gasteiger partial charge in [0.2, 0.25) is 5.88 Å². The Hall–Kier alpha value is -1.60. The number of aromatic nitrogens is 1. The van der Waals surface area contributed by atoms with Gasteiger partial charge in [-0.3, -0.25) is 0 Å². The van der Waals surface area contributed by atoms with Crippen LogP contribution in [0.4, 0.5) is 0 Å². The normalized spacial score (nSPS) is 11.8. The molecule has 0 aliphatic rings. The second-order valence-corrected chi connectivity index (χ2v) is 4.61. The molecule has 0 radical (unpaired) electrons. The first-order chi connectivity index (χ1) is 10.0.